The van der Waals surface area contributed by atoms with Crippen molar-refractivity contribution in [2.24, 2.45) is 5.92 Å². The molecule has 3 heteroatoms. The summed E-state index contributed by atoms with van der Waals surface area (Å²) >= 11 is 0. The van der Waals surface area contributed by atoms with Crippen LogP contribution in [-0.2, 0) is 4.79 Å². The largest absolute Gasteiger partial charge is 0.341 e. The van der Waals surface area contributed by atoms with Crippen LogP contribution in [-0.4, -0.2) is 37.5 Å². The molecule has 1 aliphatic heterocycles. The normalized spacial score (nSPS) is 24.2. The maximum Gasteiger partial charge on any atom is 0.236 e. The fourth-order valence-corrected chi connectivity index (χ4v) is 1.42. The van der Waals surface area contributed by atoms with Crippen molar-refractivity contribution in [3.8, 4) is 0 Å². The Labute approximate surface area is 67.8 Å². The number of hydrogen-bond donors (Lipinski definition) is 1. The van der Waals surface area contributed by atoms with Crippen LogP contribution in [0.3, 0.4) is 0 Å². The predicted octanol–water partition coefficient (Wildman–Crippen LogP) is 0.0742. The Balaban J connectivity index is 2.31. The average molecular weight is 156 g/mol. The summed E-state index contributed by atoms with van der Waals surface area (Å²) in [7, 11) is 1.80. The van der Waals surface area contributed by atoms with Gasteiger partial charge in [0.15, 0.2) is 0 Å². The highest BCUT2D eigenvalue weighted by molar-refractivity contribution is 5.78. The van der Waals surface area contributed by atoms with Crippen molar-refractivity contribution in [1.29, 1.82) is 0 Å². The van der Waals surface area contributed by atoms with E-state index in [9.17, 15) is 4.79 Å². The Bertz CT molecular complexity index is 147. The second-order valence-corrected chi connectivity index (χ2v) is 3.26. The summed E-state index contributed by atoms with van der Waals surface area (Å²) in [4.78, 5) is 13.2. The number of likely N-dealkylation sites (tertiary alicyclic amines) is 1. The Hall–Kier alpha value is -0.570. The highest BCUT2D eigenvalue weighted by Crippen LogP contribution is 2.14. The second kappa shape index (κ2) is 3.72. The van der Waals surface area contributed by atoms with Crippen molar-refractivity contribution in [3.05, 3.63) is 0 Å². The lowest BCUT2D eigenvalue weighted by Gasteiger charge is -2.14. The summed E-state index contributed by atoms with van der Waals surface area (Å²) in [6.07, 6.45) is 1.16. The topological polar surface area (TPSA) is 32.3 Å². The van der Waals surface area contributed by atoms with E-state index in [1.54, 1.807) is 7.05 Å². The third kappa shape index (κ3) is 2.19. The zero-order valence-corrected chi connectivity index (χ0v) is 7.26. The molecule has 1 fully saturated rings. The number of hydrogen-bond acceptors (Lipinski definition) is 2. The van der Waals surface area contributed by atoms with Crippen molar-refractivity contribution in [2.45, 2.75) is 13.3 Å². The van der Waals surface area contributed by atoms with Crippen LogP contribution in [0.1, 0.15) is 13.3 Å². The van der Waals surface area contributed by atoms with E-state index in [0.717, 1.165) is 19.5 Å². The molecule has 1 saturated heterocycles. The van der Waals surface area contributed by atoms with Gasteiger partial charge in [-0.3, -0.25) is 4.79 Å². The Morgan fingerprint density at radius 1 is 1.73 bits per heavy atom. The molecule has 0 aliphatic carbocycles. The molecular formula is C8H16N2O. The predicted molar refractivity (Wildman–Crippen MR) is 44.3 cm³/mol. The van der Waals surface area contributed by atoms with Gasteiger partial charge in [0.05, 0.1) is 6.54 Å². The molecule has 1 N–H and O–H groups in total. The number of likely N-dealkylation sites (N-methyl/N-ethyl adjacent to an activating group) is 1. The number of carbonyl (C=O) groups excluding carboxylic acids is 1. The molecule has 0 aromatic heterocycles. The number of carbonyl (C=O) groups is 1. The maximum absolute atomic E-state index is 11.3. The Morgan fingerprint density at radius 3 is 2.91 bits per heavy atom. The molecule has 1 atom stereocenters. The summed E-state index contributed by atoms with van der Waals surface area (Å²) < 4.78 is 0. The highest BCUT2D eigenvalue weighted by atomic mass is 16.2. The molecule has 0 spiro atoms. The molecule has 1 heterocycles. The van der Waals surface area contributed by atoms with Gasteiger partial charge in [0, 0.05) is 13.1 Å². The average Bonchev–Trinajstić information content (AvgIpc) is 2.36. The SMILES string of the molecule is CNCC(=O)N1CC[C@H](C)C1. The smallest absolute Gasteiger partial charge is 0.236 e. The van der Waals surface area contributed by atoms with Crippen LogP contribution in [0.2, 0.25) is 0 Å². The van der Waals surface area contributed by atoms with Gasteiger partial charge in [0.2, 0.25) is 5.91 Å². The van der Waals surface area contributed by atoms with Crippen molar-refractivity contribution in [3.63, 3.8) is 0 Å². The fourth-order valence-electron chi connectivity index (χ4n) is 1.42. The van der Waals surface area contributed by atoms with Gasteiger partial charge >= 0.3 is 0 Å². The minimum atomic E-state index is 0.233. The lowest BCUT2D eigenvalue weighted by atomic mass is 10.2. The third-order valence-electron chi connectivity index (χ3n) is 2.10. The Kier molecular flexibility index (Phi) is 2.88. The molecule has 0 aromatic carbocycles. The molecular weight excluding hydrogens is 140 g/mol. The number of nitrogens with one attached hydrogen (secondary N) is 1. The van der Waals surface area contributed by atoms with Crippen LogP contribution < -0.4 is 5.32 Å². The van der Waals surface area contributed by atoms with Crippen LogP contribution in [0.15, 0.2) is 0 Å². The lowest BCUT2D eigenvalue weighted by molar-refractivity contribution is -0.129. The minimum absolute atomic E-state index is 0.233. The maximum atomic E-state index is 11.3. The molecule has 0 aromatic rings. The number of amides is 1. The molecule has 3 nitrogen and oxygen atoms in total. The fraction of sp³-hybridized carbons (Fsp3) is 0.875. The summed E-state index contributed by atoms with van der Waals surface area (Å²) in [6.45, 7) is 4.56. The molecule has 0 saturated carbocycles. The van der Waals surface area contributed by atoms with Crippen LogP contribution in [0.25, 0.3) is 0 Å². The zero-order valence-electron chi connectivity index (χ0n) is 7.26. The van der Waals surface area contributed by atoms with Gasteiger partial charge < -0.3 is 10.2 Å². The summed E-state index contributed by atoms with van der Waals surface area (Å²) in [5.41, 5.74) is 0. The highest BCUT2D eigenvalue weighted by Gasteiger charge is 2.21. The standard InChI is InChI=1S/C8H16N2O/c1-7-3-4-10(6-7)8(11)5-9-2/h7,9H,3-6H2,1-2H3/t7-/m0/s1. The first kappa shape index (κ1) is 8.53. The molecule has 0 radical (unpaired) electrons. The zero-order chi connectivity index (χ0) is 8.27. The second-order valence-electron chi connectivity index (χ2n) is 3.26. The van der Waals surface area contributed by atoms with E-state index >= 15 is 0 Å². The van der Waals surface area contributed by atoms with Crippen LogP contribution in [0, 0.1) is 5.92 Å². The van der Waals surface area contributed by atoms with Crippen molar-refractivity contribution >= 4 is 5.91 Å². The quantitative estimate of drug-likeness (QED) is 0.614. The number of rotatable bonds is 2. The van der Waals surface area contributed by atoms with E-state index in [1.165, 1.54) is 0 Å². The van der Waals surface area contributed by atoms with Crippen molar-refractivity contribution in [2.75, 3.05) is 26.7 Å². The monoisotopic (exact) mass is 156 g/mol. The molecule has 1 aliphatic rings. The van der Waals surface area contributed by atoms with Gasteiger partial charge in [-0.2, -0.15) is 0 Å². The van der Waals surface area contributed by atoms with E-state index in [-0.39, 0.29) is 5.91 Å². The van der Waals surface area contributed by atoms with E-state index in [0.29, 0.717) is 12.5 Å². The first-order valence-corrected chi connectivity index (χ1v) is 4.16. The van der Waals surface area contributed by atoms with Crippen LogP contribution in [0.4, 0.5) is 0 Å². The van der Waals surface area contributed by atoms with E-state index < -0.39 is 0 Å². The first-order valence-electron chi connectivity index (χ1n) is 4.16. The number of nitrogens with zero attached hydrogens (tertiary/aromatic N) is 1. The summed E-state index contributed by atoms with van der Waals surface area (Å²) in [5, 5.41) is 2.87. The lowest BCUT2D eigenvalue weighted by Crippen LogP contribution is -2.35. The van der Waals surface area contributed by atoms with E-state index in [1.807, 2.05) is 4.90 Å². The molecule has 64 valence electrons. The Morgan fingerprint density at radius 2 is 2.45 bits per heavy atom. The minimum Gasteiger partial charge on any atom is -0.341 e. The molecule has 0 bridgehead atoms. The van der Waals surface area contributed by atoms with E-state index in [2.05, 4.69) is 12.2 Å². The van der Waals surface area contributed by atoms with Crippen molar-refractivity contribution < 1.29 is 4.79 Å². The van der Waals surface area contributed by atoms with Gasteiger partial charge in [0.25, 0.3) is 0 Å². The van der Waals surface area contributed by atoms with Gasteiger partial charge in [0.1, 0.15) is 0 Å². The molecule has 1 rings (SSSR count). The molecule has 1 amide bonds. The molecule has 0 unspecified atom stereocenters. The van der Waals surface area contributed by atoms with Gasteiger partial charge in [-0.05, 0) is 19.4 Å². The summed E-state index contributed by atoms with van der Waals surface area (Å²) in [6, 6.07) is 0. The molecule has 11 heavy (non-hydrogen) atoms. The van der Waals surface area contributed by atoms with Gasteiger partial charge in [-0.25, -0.2) is 0 Å². The first-order chi connectivity index (χ1) is 5.24. The van der Waals surface area contributed by atoms with Crippen LogP contribution in [0.5, 0.6) is 0 Å². The van der Waals surface area contributed by atoms with E-state index in [4.69, 9.17) is 0 Å². The summed E-state index contributed by atoms with van der Waals surface area (Å²) in [5.74, 6) is 0.924. The van der Waals surface area contributed by atoms with Gasteiger partial charge in [-0.15, -0.1) is 0 Å². The van der Waals surface area contributed by atoms with Gasteiger partial charge in [-0.1, -0.05) is 6.92 Å². The third-order valence-corrected chi connectivity index (χ3v) is 2.10. The van der Waals surface area contributed by atoms with Crippen molar-refractivity contribution in [1.82, 2.24) is 10.2 Å². The van der Waals surface area contributed by atoms with Crippen LogP contribution >= 0.6 is 0 Å².